The first-order valence-electron chi connectivity index (χ1n) is 5.75. The Bertz CT molecular complexity index is 466. The first kappa shape index (κ1) is 12.7. The van der Waals surface area contributed by atoms with Crippen LogP contribution >= 0.6 is 0 Å². The Hall–Kier alpha value is -1.75. The molecule has 3 N–H and O–H groups in total. The van der Waals surface area contributed by atoms with Crippen LogP contribution in [-0.2, 0) is 10.2 Å². The first-order valence-corrected chi connectivity index (χ1v) is 5.75. The number of aliphatic carboxylic acids is 1. The second kappa shape index (κ2) is 4.49. The Balaban J connectivity index is 2.41. The maximum Gasteiger partial charge on any atom is 0.314 e. The molecule has 98 valence electrons. The lowest BCUT2D eigenvalue weighted by atomic mass is 9.62. The van der Waals surface area contributed by atoms with Crippen LogP contribution in [0.5, 0.6) is 11.5 Å². The SMILES string of the molecule is COc1ccc(C2(C(=O)O)CC(N)C2)cc1OC. The monoisotopic (exact) mass is 251 g/mol. The summed E-state index contributed by atoms with van der Waals surface area (Å²) in [6.45, 7) is 0. The number of nitrogens with two attached hydrogens (primary N) is 1. The van der Waals surface area contributed by atoms with E-state index in [9.17, 15) is 9.90 Å². The van der Waals surface area contributed by atoms with Gasteiger partial charge in [-0.3, -0.25) is 4.79 Å². The molecule has 18 heavy (non-hydrogen) atoms. The average Bonchev–Trinajstić information content (AvgIpc) is 2.33. The second-order valence-electron chi connectivity index (χ2n) is 4.63. The molecule has 5 heteroatoms. The van der Waals surface area contributed by atoms with Gasteiger partial charge in [-0.1, -0.05) is 6.07 Å². The summed E-state index contributed by atoms with van der Waals surface area (Å²) in [5.41, 5.74) is 5.58. The van der Waals surface area contributed by atoms with Crippen LogP contribution in [0.4, 0.5) is 0 Å². The topological polar surface area (TPSA) is 81.8 Å². The summed E-state index contributed by atoms with van der Waals surface area (Å²) in [6, 6.07) is 5.16. The molecule has 0 amide bonds. The standard InChI is InChI=1S/C13H17NO4/c1-17-10-4-3-8(5-11(10)18-2)13(12(15)16)6-9(14)7-13/h3-5,9H,6-7,14H2,1-2H3,(H,15,16). The molecule has 0 aliphatic heterocycles. The van der Waals surface area contributed by atoms with Crippen molar-refractivity contribution < 1.29 is 19.4 Å². The van der Waals surface area contributed by atoms with E-state index in [0.717, 1.165) is 0 Å². The maximum absolute atomic E-state index is 11.5. The third-order valence-electron chi connectivity index (χ3n) is 3.57. The predicted molar refractivity (Wildman–Crippen MR) is 66.1 cm³/mol. The third kappa shape index (κ3) is 1.80. The van der Waals surface area contributed by atoms with Crippen molar-refractivity contribution in [2.24, 2.45) is 5.73 Å². The van der Waals surface area contributed by atoms with Gasteiger partial charge in [-0.05, 0) is 30.5 Å². The van der Waals surface area contributed by atoms with Crippen molar-refractivity contribution >= 4 is 5.97 Å². The van der Waals surface area contributed by atoms with Gasteiger partial charge in [-0.2, -0.15) is 0 Å². The van der Waals surface area contributed by atoms with Gasteiger partial charge < -0.3 is 20.3 Å². The number of methoxy groups -OCH3 is 2. The quantitative estimate of drug-likeness (QED) is 0.838. The van der Waals surface area contributed by atoms with Crippen LogP contribution in [-0.4, -0.2) is 31.3 Å². The molecule has 1 saturated carbocycles. The molecule has 1 aromatic carbocycles. The molecule has 1 aromatic rings. The minimum Gasteiger partial charge on any atom is -0.493 e. The smallest absolute Gasteiger partial charge is 0.314 e. The molecule has 5 nitrogen and oxygen atoms in total. The fourth-order valence-electron chi connectivity index (χ4n) is 2.50. The molecule has 0 saturated heterocycles. The Morgan fingerprint density at radius 3 is 2.39 bits per heavy atom. The van der Waals surface area contributed by atoms with Crippen molar-refractivity contribution in [2.45, 2.75) is 24.3 Å². The van der Waals surface area contributed by atoms with E-state index in [1.54, 1.807) is 25.3 Å². The predicted octanol–water partition coefficient (Wildman–Crippen LogP) is 1.15. The number of rotatable bonds is 4. The summed E-state index contributed by atoms with van der Waals surface area (Å²) >= 11 is 0. The number of hydrogen-bond acceptors (Lipinski definition) is 4. The normalized spacial score (nSPS) is 26.3. The molecule has 0 spiro atoms. The molecule has 1 fully saturated rings. The van der Waals surface area contributed by atoms with E-state index in [0.29, 0.717) is 29.9 Å². The van der Waals surface area contributed by atoms with Gasteiger partial charge in [0, 0.05) is 6.04 Å². The lowest BCUT2D eigenvalue weighted by Crippen LogP contribution is -2.54. The number of carboxylic acid groups (broad SMARTS) is 1. The number of benzene rings is 1. The van der Waals surface area contributed by atoms with Crippen molar-refractivity contribution in [3.63, 3.8) is 0 Å². The number of carboxylic acids is 1. The fourth-order valence-corrected chi connectivity index (χ4v) is 2.50. The van der Waals surface area contributed by atoms with Crippen molar-refractivity contribution in [2.75, 3.05) is 14.2 Å². The van der Waals surface area contributed by atoms with Gasteiger partial charge in [-0.15, -0.1) is 0 Å². The van der Waals surface area contributed by atoms with Crippen LogP contribution < -0.4 is 15.2 Å². The van der Waals surface area contributed by atoms with Crippen LogP contribution in [0, 0.1) is 0 Å². The van der Waals surface area contributed by atoms with E-state index in [1.807, 2.05) is 0 Å². The minimum atomic E-state index is -0.876. The Morgan fingerprint density at radius 1 is 1.33 bits per heavy atom. The number of ether oxygens (including phenoxy) is 2. The molecule has 0 heterocycles. The lowest BCUT2D eigenvalue weighted by molar-refractivity contribution is -0.148. The summed E-state index contributed by atoms with van der Waals surface area (Å²) in [7, 11) is 3.07. The lowest BCUT2D eigenvalue weighted by Gasteiger charge is -2.43. The van der Waals surface area contributed by atoms with Crippen LogP contribution in [0.25, 0.3) is 0 Å². The molecule has 0 atom stereocenters. The van der Waals surface area contributed by atoms with Gasteiger partial charge in [-0.25, -0.2) is 0 Å². The summed E-state index contributed by atoms with van der Waals surface area (Å²) in [5.74, 6) is 0.290. The van der Waals surface area contributed by atoms with E-state index >= 15 is 0 Å². The van der Waals surface area contributed by atoms with Gasteiger partial charge in [0.1, 0.15) is 0 Å². The summed E-state index contributed by atoms with van der Waals surface area (Å²) in [5, 5.41) is 9.42. The van der Waals surface area contributed by atoms with Gasteiger partial charge in [0.15, 0.2) is 11.5 Å². The largest absolute Gasteiger partial charge is 0.493 e. The number of hydrogen-bond donors (Lipinski definition) is 2. The summed E-state index contributed by atoms with van der Waals surface area (Å²) in [6.07, 6.45) is 0.912. The Labute approximate surface area is 106 Å². The first-order chi connectivity index (χ1) is 8.53. The molecule has 1 aliphatic carbocycles. The Morgan fingerprint density at radius 2 is 1.94 bits per heavy atom. The highest BCUT2D eigenvalue weighted by Gasteiger charge is 2.50. The van der Waals surface area contributed by atoms with Crippen LogP contribution in [0.2, 0.25) is 0 Å². The highest BCUT2D eigenvalue weighted by Crippen LogP contribution is 2.45. The second-order valence-corrected chi connectivity index (χ2v) is 4.63. The van der Waals surface area contributed by atoms with E-state index in [-0.39, 0.29) is 6.04 Å². The highest BCUT2D eigenvalue weighted by molar-refractivity contribution is 5.83. The summed E-state index contributed by atoms with van der Waals surface area (Å²) < 4.78 is 10.3. The average molecular weight is 251 g/mol. The molecule has 0 aromatic heterocycles. The van der Waals surface area contributed by atoms with E-state index in [2.05, 4.69) is 0 Å². The van der Waals surface area contributed by atoms with Gasteiger partial charge in [0.05, 0.1) is 19.6 Å². The van der Waals surface area contributed by atoms with Crippen molar-refractivity contribution in [3.8, 4) is 11.5 Å². The van der Waals surface area contributed by atoms with E-state index in [4.69, 9.17) is 15.2 Å². The Kier molecular flexibility index (Phi) is 3.17. The van der Waals surface area contributed by atoms with Crippen LogP contribution in [0.1, 0.15) is 18.4 Å². The van der Waals surface area contributed by atoms with Crippen LogP contribution in [0.3, 0.4) is 0 Å². The molecule has 0 radical (unpaired) electrons. The molecular weight excluding hydrogens is 234 g/mol. The molecule has 2 rings (SSSR count). The third-order valence-corrected chi connectivity index (χ3v) is 3.57. The van der Waals surface area contributed by atoms with E-state index < -0.39 is 11.4 Å². The van der Waals surface area contributed by atoms with Crippen molar-refractivity contribution in [3.05, 3.63) is 23.8 Å². The molecular formula is C13H17NO4. The van der Waals surface area contributed by atoms with E-state index in [1.165, 1.54) is 7.11 Å². The molecule has 0 bridgehead atoms. The zero-order valence-corrected chi connectivity index (χ0v) is 10.5. The molecule has 0 unspecified atom stereocenters. The minimum absolute atomic E-state index is 0.0470. The number of carbonyl (C=O) groups is 1. The van der Waals surface area contributed by atoms with Crippen molar-refractivity contribution in [1.29, 1.82) is 0 Å². The zero-order valence-electron chi connectivity index (χ0n) is 10.5. The van der Waals surface area contributed by atoms with Crippen LogP contribution in [0.15, 0.2) is 18.2 Å². The van der Waals surface area contributed by atoms with Gasteiger partial charge in [0.25, 0.3) is 0 Å². The summed E-state index contributed by atoms with van der Waals surface area (Å²) in [4.78, 5) is 11.5. The zero-order chi connectivity index (χ0) is 13.3. The fraction of sp³-hybridized carbons (Fsp3) is 0.462. The van der Waals surface area contributed by atoms with Gasteiger partial charge >= 0.3 is 5.97 Å². The molecule has 1 aliphatic rings. The van der Waals surface area contributed by atoms with Gasteiger partial charge in [0.2, 0.25) is 0 Å². The maximum atomic E-state index is 11.5. The highest BCUT2D eigenvalue weighted by atomic mass is 16.5. The van der Waals surface area contributed by atoms with Crippen molar-refractivity contribution in [1.82, 2.24) is 0 Å².